The van der Waals surface area contributed by atoms with E-state index in [1.54, 1.807) is 0 Å². The maximum atomic E-state index is 13.3. The average molecular weight is 524 g/mol. The second-order valence-electron chi connectivity index (χ2n) is 8.23. The Morgan fingerprint density at radius 2 is 1.97 bits per heavy atom. The van der Waals surface area contributed by atoms with E-state index in [9.17, 15) is 4.79 Å². The number of amides is 1. The van der Waals surface area contributed by atoms with Crippen molar-refractivity contribution in [2.45, 2.75) is 32.6 Å². The molecule has 0 radical (unpaired) electrons. The average Bonchev–Trinajstić information content (AvgIpc) is 2.85. The van der Waals surface area contributed by atoms with Crippen LogP contribution in [0.1, 0.15) is 32.6 Å². The van der Waals surface area contributed by atoms with Gasteiger partial charge in [-0.2, -0.15) is 0 Å². The summed E-state index contributed by atoms with van der Waals surface area (Å²) >= 11 is 3.50. The summed E-state index contributed by atoms with van der Waals surface area (Å²) in [5.74, 6) is 0.582. The van der Waals surface area contributed by atoms with Crippen LogP contribution in [-0.2, 0) is 9.53 Å². The summed E-state index contributed by atoms with van der Waals surface area (Å²) in [5.41, 5.74) is 3.14. The van der Waals surface area contributed by atoms with E-state index in [1.807, 2.05) is 42.5 Å². The molecule has 0 spiro atoms. The number of anilines is 3. The first-order valence-electron chi connectivity index (χ1n) is 11.8. The molecule has 2 heterocycles. The zero-order valence-electron chi connectivity index (χ0n) is 19.4. The van der Waals surface area contributed by atoms with Crippen LogP contribution in [0.5, 0.6) is 0 Å². The lowest BCUT2D eigenvalue weighted by molar-refractivity contribution is -0.114. The number of nitrogens with one attached hydrogen (secondary N) is 2. The Bertz CT molecular complexity index is 1160. The van der Waals surface area contributed by atoms with Gasteiger partial charge in [0.15, 0.2) is 0 Å². The lowest BCUT2D eigenvalue weighted by Crippen LogP contribution is -2.39. The largest absolute Gasteiger partial charge is 0.378 e. The van der Waals surface area contributed by atoms with E-state index in [2.05, 4.69) is 54.4 Å². The number of aromatic nitrogens is 2. The summed E-state index contributed by atoms with van der Waals surface area (Å²) in [6.45, 7) is 4.90. The van der Waals surface area contributed by atoms with Crippen molar-refractivity contribution >= 4 is 49.9 Å². The van der Waals surface area contributed by atoms with Gasteiger partial charge in [-0.15, -0.1) is 0 Å². The van der Waals surface area contributed by atoms with Crippen LogP contribution in [-0.4, -0.2) is 47.1 Å². The van der Waals surface area contributed by atoms with Crippen molar-refractivity contribution in [3.05, 3.63) is 65.0 Å². The number of benzene rings is 2. The van der Waals surface area contributed by atoms with Crippen molar-refractivity contribution < 1.29 is 9.53 Å². The van der Waals surface area contributed by atoms with E-state index in [0.29, 0.717) is 24.7 Å². The van der Waals surface area contributed by atoms with Crippen LogP contribution in [0.4, 0.5) is 17.2 Å². The standard InChI is InChI=1S/C26H30BrN5O2/c1-2-3-4-5-9-24(32-12-14-34-15-13-32)26(33)31-21-10-11-23-22(17-21)25(29-18-28-23)30-20-8-6-7-19(27)16-20/h6-11,16-18H,2-5,12-15H2,1H3,(H,31,33)(H,28,29,30). The van der Waals surface area contributed by atoms with Crippen LogP contribution >= 0.6 is 15.9 Å². The topological polar surface area (TPSA) is 79.4 Å². The number of allylic oxidation sites excluding steroid dienone is 1. The predicted molar refractivity (Wildman–Crippen MR) is 140 cm³/mol. The Morgan fingerprint density at radius 1 is 1.12 bits per heavy atom. The van der Waals surface area contributed by atoms with Gasteiger partial charge in [-0.05, 0) is 49.2 Å². The number of ether oxygens (including phenoxy) is 1. The Kier molecular flexibility index (Phi) is 8.49. The lowest BCUT2D eigenvalue weighted by Gasteiger charge is -2.30. The Hall–Kier alpha value is -2.97. The molecule has 0 unspecified atom stereocenters. The minimum Gasteiger partial charge on any atom is -0.378 e. The van der Waals surface area contributed by atoms with Gasteiger partial charge in [-0.1, -0.05) is 47.8 Å². The zero-order valence-corrected chi connectivity index (χ0v) is 21.0. The molecule has 1 amide bonds. The van der Waals surface area contributed by atoms with Crippen molar-refractivity contribution in [2.24, 2.45) is 0 Å². The van der Waals surface area contributed by atoms with Crippen molar-refractivity contribution in [1.82, 2.24) is 14.9 Å². The van der Waals surface area contributed by atoms with E-state index in [0.717, 1.165) is 65.5 Å². The maximum absolute atomic E-state index is 13.3. The molecule has 0 atom stereocenters. The highest BCUT2D eigenvalue weighted by Crippen LogP contribution is 2.27. The van der Waals surface area contributed by atoms with Crippen molar-refractivity contribution in [2.75, 3.05) is 36.9 Å². The summed E-state index contributed by atoms with van der Waals surface area (Å²) in [7, 11) is 0. The molecular weight excluding hydrogens is 494 g/mol. The molecule has 34 heavy (non-hydrogen) atoms. The van der Waals surface area contributed by atoms with Gasteiger partial charge in [0.2, 0.25) is 0 Å². The normalized spacial score (nSPS) is 14.3. The monoisotopic (exact) mass is 523 g/mol. The fourth-order valence-electron chi connectivity index (χ4n) is 3.93. The number of rotatable bonds is 9. The van der Waals surface area contributed by atoms with Gasteiger partial charge < -0.3 is 20.3 Å². The number of carbonyl (C=O) groups is 1. The highest BCUT2D eigenvalue weighted by molar-refractivity contribution is 9.10. The van der Waals surface area contributed by atoms with E-state index < -0.39 is 0 Å². The number of hydrogen-bond donors (Lipinski definition) is 2. The van der Waals surface area contributed by atoms with Gasteiger partial charge in [-0.25, -0.2) is 9.97 Å². The molecular formula is C26H30BrN5O2. The third-order valence-electron chi connectivity index (χ3n) is 5.71. The van der Waals surface area contributed by atoms with Crippen molar-refractivity contribution in [1.29, 1.82) is 0 Å². The minimum atomic E-state index is -0.101. The molecule has 1 fully saturated rings. The second kappa shape index (κ2) is 11.9. The number of nitrogens with zero attached hydrogens (tertiary/aromatic N) is 3. The maximum Gasteiger partial charge on any atom is 0.271 e. The predicted octanol–water partition coefficient (Wildman–Crippen LogP) is 5.87. The lowest BCUT2D eigenvalue weighted by atomic mass is 10.1. The zero-order chi connectivity index (χ0) is 23.8. The van der Waals surface area contributed by atoms with Gasteiger partial charge in [0.1, 0.15) is 12.1 Å². The molecule has 4 rings (SSSR count). The van der Waals surface area contributed by atoms with E-state index in [4.69, 9.17) is 4.74 Å². The summed E-state index contributed by atoms with van der Waals surface area (Å²) < 4.78 is 6.46. The molecule has 7 nitrogen and oxygen atoms in total. The number of morpholine rings is 1. The SMILES string of the molecule is CCCCCC=C(C(=O)Nc1ccc2ncnc(Nc3cccc(Br)c3)c2c1)N1CCOCC1. The van der Waals surface area contributed by atoms with Crippen LogP contribution in [0, 0.1) is 0 Å². The van der Waals surface area contributed by atoms with Crippen LogP contribution in [0.25, 0.3) is 10.9 Å². The summed E-state index contributed by atoms with van der Waals surface area (Å²) in [4.78, 5) is 24.2. The fraction of sp³-hybridized carbons (Fsp3) is 0.346. The molecule has 8 heteroatoms. The highest BCUT2D eigenvalue weighted by Gasteiger charge is 2.20. The van der Waals surface area contributed by atoms with E-state index >= 15 is 0 Å². The van der Waals surface area contributed by atoms with Crippen LogP contribution in [0.15, 0.2) is 65.0 Å². The number of hydrogen-bond acceptors (Lipinski definition) is 6. The van der Waals surface area contributed by atoms with Crippen molar-refractivity contribution in [3.8, 4) is 0 Å². The Labute approximate surface area is 208 Å². The van der Waals surface area contributed by atoms with Gasteiger partial charge >= 0.3 is 0 Å². The van der Waals surface area contributed by atoms with Gasteiger partial charge in [0.25, 0.3) is 5.91 Å². The number of halogens is 1. The van der Waals surface area contributed by atoms with E-state index in [-0.39, 0.29) is 5.91 Å². The van der Waals surface area contributed by atoms with Gasteiger partial charge in [0.05, 0.1) is 24.4 Å². The summed E-state index contributed by atoms with van der Waals surface area (Å²) in [6.07, 6.45) is 7.89. The third kappa shape index (κ3) is 6.33. The number of fused-ring (bicyclic) bond motifs is 1. The summed E-state index contributed by atoms with van der Waals surface area (Å²) in [5, 5.41) is 7.28. The first-order valence-corrected chi connectivity index (χ1v) is 12.5. The molecule has 0 aliphatic carbocycles. The molecule has 1 aliphatic rings. The molecule has 1 saturated heterocycles. The smallest absolute Gasteiger partial charge is 0.271 e. The Balaban J connectivity index is 1.56. The molecule has 178 valence electrons. The molecule has 0 saturated carbocycles. The fourth-order valence-corrected chi connectivity index (χ4v) is 4.33. The first kappa shape index (κ1) is 24.2. The molecule has 0 bridgehead atoms. The molecule has 1 aromatic heterocycles. The number of unbranched alkanes of at least 4 members (excludes halogenated alkanes) is 3. The second-order valence-corrected chi connectivity index (χ2v) is 9.14. The van der Waals surface area contributed by atoms with E-state index in [1.165, 1.54) is 6.33 Å². The first-order chi connectivity index (χ1) is 16.6. The molecule has 2 aromatic carbocycles. The Morgan fingerprint density at radius 3 is 2.76 bits per heavy atom. The molecule has 3 aromatic rings. The molecule has 1 aliphatic heterocycles. The van der Waals surface area contributed by atoms with Crippen LogP contribution in [0.3, 0.4) is 0 Å². The van der Waals surface area contributed by atoms with Gasteiger partial charge in [0, 0.05) is 34.3 Å². The highest BCUT2D eigenvalue weighted by atomic mass is 79.9. The minimum absolute atomic E-state index is 0.101. The third-order valence-corrected chi connectivity index (χ3v) is 6.20. The van der Waals surface area contributed by atoms with Gasteiger partial charge in [-0.3, -0.25) is 4.79 Å². The van der Waals surface area contributed by atoms with Crippen LogP contribution in [0.2, 0.25) is 0 Å². The number of carbonyl (C=O) groups excluding carboxylic acids is 1. The quantitative estimate of drug-likeness (QED) is 0.269. The summed E-state index contributed by atoms with van der Waals surface area (Å²) in [6, 6.07) is 13.6. The van der Waals surface area contributed by atoms with Crippen LogP contribution < -0.4 is 10.6 Å². The van der Waals surface area contributed by atoms with Crippen molar-refractivity contribution in [3.63, 3.8) is 0 Å². The molecule has 2 N–H and O–H groups in total.